The van der Waals surface area contributed by atoms with Crippen LogP contribution < -0.4 is 10.0 Å². The molecule has 0 saturated carbocycles. The van der Waals surface area contributed by atoms with E-state index >= 15 is 0 Å². The highest BCUT2D eigenvalue weighted by Crippen LogP contribution is 2.39. The summed E-state index contributed by atoms with van der Waals surface area (Å²) in [5.41, 5.74) is 9.20. The first kappa shape index (κ1) is 18.2. The number of aromatic nitrogens is 2. The average molecular weight is 395 g/mol. The molecular weight excluding hydrogens is 364 g/mol. The quantitative estimate of drug-likeness (QED) is 0.699. The minimum absolute atomic E-state index is 0.341. The summed E-state index contributed by atoms with van der Waals surface area (Å²) in [6, 6.07) is 2.47. The summed E-state index contributed by atoms with van der Waals surface area (Å²) in [5, 5.41) is 8.26. The maximum atomic E-state index is 4.61. The molecule has 0 spiro atoms. The number of nitrogens with zero attached hydrogens (tertiary/aromatic N) is 2. The number of aryl methyl sites for hydroxylation is 2. The van der Waals surface area contributed by atoms with Gasteiger partial charge in [-0.05, 0) is 91.0 Å². The Kier molecular flexibility index (Phi) is 4.46. The molecule has 1 aromatic heterocycles. The Morgan fingerprint density at radius 2 is 1.82 bits per heavy atom. The summed E-state index contributed by atoms with van der Waals surface area (Å²) >= 11 is 1.64. The molecule has 0 unspecified atom stereocenters. The highest BCUT2D eigenvalue weighted by atomic mass is 32.2. The molecule has 5 heteroatoms. The van der Waals surface area contributed by atoms with Crippen molar-refractivity contribution in [3.63, 3.8) is 0 Å². The van der Waals surface area contributed by atoms with Gasteiger partial charge < -0.3 is 10.0 Å². The number of hydrogen-bond donors (Lipinski definition) is 2. The van der Waals surface area contributed by atoms with Crippen LogP contribution in [0.4, 0.5) is 5.69 Å². The van der Waals surface area contributed by atoms with Crippen LogP contribution in [0.3, 0.4) is 0 Å². The maximum absolute atomic E-state index is 4.61. The van der Waals surface area contributed by atoms with Crippen LogP contribution >= 0.6 is 11.9 Å². The number of rotatable bonds is 5. The Hall–Kier alpha value is -1.88. The molecule has 2 aliphatic carbocycles. The van der Waals surface area contributed by atoms with Crippen molar-refractivity contribution in [1.82, 2.24) is 14.5 Å². The van der Waals surface area contributed by atoms with E-state index in [0.29, 0.717) is 5.41 Å². The number of anilines is 1. The van der Waals surface area contributed by atoms with Crippen molar-refractivity contribution in [1.29, 1.82) is 0 Å². The van der Waals surface area contributed by atoms with Crippen molar-refractivity contribution >= 4 is 17.6 Å². The van der Waals surface area contributed by atoms with Crippen molar-refractivity contribution in [2.75, 3.05) is 5.32 Å². The lowest BCUT2D eigenvalue weighted by atomic mass is 9.85. The predicted octanol–water partition coefficient (Wildman–Crippen LogP) is 5.01. The molecule has 1 aromatic carbocycles. The van der Waals surface area contributed by atoms with Crippen LogP contribution in [0.15, 0.2) is 29.6 Å². The molecule has 0 radical (unpaired) electrons. The topological polar surface area (TPSA) is 41.9 Å². The highest BCUT2D eigenvalue weighted by Gasteiger charge is 2.28. The van der Waals surface area contributed by atoms with E-state index < -0.39 is 0 Å². The number of hydrogen-bond acceptors (Lipinski definition) is 4. The summed E-state index contributed by atoms with van der Waals surface area (Å²) in [6.07, 6.45) is 11.7. The smallest absolute Gasteiger partial charge is 0.106 e. The Morgan fingerprint density at radius 1 is 1.11 bits per heavy atom. The largest absolute Gasteiger partial charge is 0.341 e. The van der Waals surface area contributed by atoms with Crippen LogP contribution in [0.2, 0.25) is 0 Å². The molecule has 2 N–H and O–H groups in total. The van der Waals surface area contributed by atoms with Gasteiger partial charge in [-0.3, -0.25) is 4.68 Å². The molecule has 2 heterocycles. The first-order valence-electron chi connectivity index (χ1n) is 10.6. The van der Waals surface area contributed by atoms with Gasteiger partial charge in [0.15, 0.2) is 0 Å². The minimum Gasteiger partial charge on any atom is -0.341 e. The van der Waals surface area contributed by atoms with Gasteiger partial charge >= 0.3 is 0 Å². The van der Waals surface area contributed by atoms with E-state index in [1.165, 1.54) is 72.3 Å². The summed E-state index contributed by atoms with van der Waals surface area (Å²) < 4.78 is 5.63. The average Bonchev–Trinajstić information content (AvgIpc) is 3.37. The van der Waals surface area contributed by atoms with Crippen molar-refractivity contribution in [3.8, 4) is 0 Å². The van der Waals surface area contributed by atoms with Gasteiger partial charge in [0.05, 0.1) is 16.8 Å². The third kappa shape index (κ3) is 3.24. The molecule has 0 atom stereocenters. The van der Waals surface area contributed by atoms with E-state index in [1.807, 2.05) is 6.20 Å². The summed E-state index contributed by atoms with van der Waals surface area (Å²) in [5.74, 6) is 0.871. The van der Waals surface area contributed by atoms with E-state index in [0.717, 1.165) is 18.8 Å². The van der Waals surface area contributed by atoms with Gasteiger partial charge in [-0.2, -0.15) is 5.10 Å². The van der Waals surface area contributed by atoms with Crippen molar-refractivity contribution < 1.29 is 0 Å². The molecule has 5 rings (SSSR count). The SMILES string of the molecule is C=C(NSc1cnn2c1CCC(C)(C)C2)Nc1c2c(cc3c1CCC3)CCC2. The van der Waals surface area contributed by atoms with Crippen LogP contribution in [-0.2, 0) is 38.6 Å². The minimum atomic E-state index is 0.341. The second-order valence-corrected chi connectivity index (χ2v) is 10.2. The van der Waals surface area contributed by atoms with E-state index in [-0.39, 0.29) is 0 Å². The Balaban J connectivity index is 1.29. The summed E-state index contributed by atoms with van der Waals surface area (Å²) in [6.45, 7) is 9.92. The fourth-order valence-electron chi connectivity index (χ4n) is 5.07. The van der Waals surface area contributed by atoms with Gasteiger partial charge in [-0.25, -0.2) is 0 Å². The van der Waals surface area contributed by atoms with Crippen LogP contribution in [0.5, 0.6) is 0 Å². The van der Waals surface area contributed by atoms with E-state index in [2.05, 4.69) is 46.3 Å². The number of benzene rings is 1. The maximum Gasteiger partial charge on any atom is 0.106 e. The Bertz CT molecular complexity index is 908. The monoisotopic (exact) mass is 394 g/mol. The standard InChI is InChI=1S/C23H30N4S/c1-15(26-28-21-13-24-27-14-23(2,3)11-10-20(21)27)25-22-18-8-4-6-16(18)12-17-7-5-9-19(17)22/h12-13,25-26H,1,4-11,14H2,2-3H3. The molecule has 0 fully saturated rings. The van der Waals surface area contributed by atoms with Gasteiger partial charge in [0.1, 0.15) is 5.82 Å². The fraction of sp³-hybridized carbons (Fsp3) is 0.522. The van der Waals surface area contributed by atoms with Gasteiger partial charge in [0.25, 0.3) is 0 Å². The van der Waals surface area contributed by atoms with Gasteiger partial charge in [-0.1, -0.05) is 26.5 Å². The zero-order chi connectivity index (χ0) is 19.3. The lowest BCUT2D eigenvalue weighted by Crippen LogP contribution is -2.27. The van der Waals surface area contributed by atoms with E-state index in [4.69, 9.17) is 0 Å². The number of nitrogens with one attached hydrogen (secondary N) is 2. The van der Waals surface area contributed by atoms with Crippen molar-refractivity contribution in [3.05, 3.63) is 52.6 Å². The van der Waals surface area contributed by atoms with Gasteiger partial charge in [0.2, 0.25) is 0 Å². The highest BCUT2D eigenvalue weighted by molar-refractivity contribution is 7.97. The molecule has 148 valence electrons. The van der Waals surface area contributed by atoms with E-state index in [1.54, 1.807) is 23.1 Å². The molecule has 4 nitrogen and oxygen atoms in total. The van der Waals surface area contributed by atoms with Crippen molar-refractivity contribution in [2.45, 2.75) is 76.7 Å². The molecule has 0 saturated heterocycles. The lowest BCUT2D eigenvalue weighted by Gasteiger charge is -2.30. The third-order valence-corrected chi connectivity index (χ3v) is 7.47. The molecule has 3 aliphatic rings. The molecule has 28 heavy (non-hydrogen) atoms. The normalized spacial score (nSPS) is 19.1. The number of fused-ring (bicyclic) bond motifs is 3. The van der Waals surface area contributed by atoms with Gasteiger partial charge in [-0.15, -0.1) is 0 Å². The molecular formula is C23H30N4S. The zero-order valence-corrected chi connectivity index (χ0v) is 17.8. The summed E-state index contributed by atoms with van der Waals surface area (Å²) in [4.78, 5) is 1.22. The van der Waals surface area contributed by atoms with Crippen LogP contribution in [0.25, 0.3) is 0 Å². The fourth-order valence-corrected chi connectivity index (χ4v) is 5.78. The summed E-state index contributed by atoms with van der Waals surface area (Å²) in [7, 11) is 0. The molecule has 1 aliphatic heterocycles. The third-order valence-electron chi connectivity index (χ3n) is 6.56. The molecule has 0 bridgehead atoms. The predicted molar refractivity (Wildman–Crippen MR) is 117 cm³/mol. The van der Waals surface area contributed by atoms with Crippen LogP contribution in [-0.4, -0.2) is 9.78 Å². The van der Waals surface area contributed by atoms with Crippen molar-refractivity contribution in [2.24, 2.45) is 5.41 Å². The first-order chi connectivity index (χ1) is 13.5. The second kappa shape index (κ2) is 6.87. The lowest BCUT2D eigenvalue weighted by molar-refractivity contribution is 0.233. The van der Waals surface area contributed by atoms with Gasteiger partial charge in [0, 0.05) is 12.2 Å². The van der Waals surface area contributed by atoms with E-state index in [9.17, 15) is 0 Å². The molecule has 0 amide bonds. The second-order valence-electron chi connectivity index (χ2n) is 9.32. The zero-order valence-electron chi connectivity index (χ0n) is 17.0. The Morgan fingerprint density at radius 3 is 2.54 bits per heavy atom. The van der Waals surface area contributed by atoms with Crippen LogP contribution in [0, 0.1) is 5.41 Å². The Labute approximate surface area is 172 Å². The molecule has 2 aromatic rings. The van der Waals surface area contributed by atoms with Crippen LogP contribution in [0.1, 0.15) is 61.1 Å². The first-order valence-corrected chi connectivity index (χ1v) is 11.4.